The van der Waals surface area contributed by atoms with Crippen LogP contribution < -0.4 is 16.0 Å². The average molecular weight is 319 g/mol. The van der Waals surface area contributed by atoms with Gasteiger partial charge < -0.3 is 20.7 Å². The monoisotopic (exact) mass is 319 g/mol. The molecule has 2 aliphatic rings. The Balaban J connectivity index is 1.53. The number of carbonyl (C=O) groups excluding carboxylic acids is 1. The highest BCUT2D eigenvalue weighted by atomic mass is 32.1. The molecule has 0 radical (unpaired) electrons. The molecule has 1 saturated heterocycles. The van der Waals surface area contributed by atoms with E-state index < -0.39 is 0 Å². The van der Waals surface area contributed by atoms with Crippen LogP contribution in [0.2, 0.25) is 0 Å². The van der Waals surface area contributed by atoms with Gasteiger partial charge in [0.1, 0.15) is 0 Å². The molecule has 1 amide bonds. The molecule has 0 aliphatic carbocycles. The van der Waals surface area contributed by atoms with E-state index in [1.165, 1.54) is 0 Å². The molecule has 2 heterocycles. The number of fused-ring (bicyclic) bond motifs is 1. The first-order valence-electron chi connectivity index (χ1n) is 7.70. The Morgan fingerprint density at radius 1 is 1.55 bits per heavy atom. The second-order valence-corrected chi connectivity index (χ2v) is 6.26. The van der Waals surface area contributed by atoms with Crippen LogP contribution in [-0.2, 0) is 16.0 Å². The molecular weight excluding hydrogens is 298 g/mol. The zero-order chi connectivity index (χ0) is 15.5. The predicted molar refractivity (Wildman–Crippen MR) is 89.9 cm³/mol. The van der Waals surface area contributed by atoms with Crippen LogP contribution in [0.5, 0.6) is 0 Å². The van der Waals surface area contributed by atoms with Crippen LogP contribution in [0.15, 0.2) is 18.2 Å². The average Bonchev–Trinajstić information content (AvgIpc) is 3.12. The molecule has 118 valence electrons. The first kappa shape index (κ1) is 15.2. The summed E-state index contributed by atoms with van der Waals surface area (Å²) in [6, 6.07) is 6.13. The van der Waals surface area contributed by atoms with Crippen LogP contribution in [0.25, 0.3) is 0 Å². The SMILES string of the molecule is C[C@@H](NC(=S)NC[C@@H]1CCCO1)c1ccc2c(c1)CC(=O)N2. The summed E-state index contributed by atoms with van der Waals surface area (Å²) in [5.74, 6) is 0.0570. The highest BCUT2D eigenvalue weighted by Gasteiger charge is 2.19. The molecule has 5 nitrogen and oxygen atoms in total. The van der Waals surface area contributed by atoms with Crippen molar-refractivity contribution in [1.82, 2.24) is 10.6 Å². The summed E-state index contributed by atoms with van der Waals surface area (Å²) < 4.78 is 5.56. The lowest BCUT2D eigenvalue weighted by atomic mass is 10.0. The molecule has 1 fully saturated rings. The maximum atomic E-state index is 11.4. The molecule has 3 N–H and O–H groups in total. The molecule has 0 saturated carbocycles. The lowest BCUT2D eigenvalue weighted by molar-refractivity contribution is -0.115. The molecule has 2 atom stereocenters. The van der Waals surface area contributed by atoms with Crippen LogP contribution in [-0.4, -0.2) is 30.3 Å². The largest absolute Gasteiger partial charge is 0.376 e. The number of carbonyl (C=O) groups is 1. The van der Waals surface area contributed by atoms with Crippen LogP contribution in [0, 0.1) is 0 Å². The summed E-state index contributed by atoms with van der Waals surface area (Å²) in [6.07, 6.45) is 2.95. The van der Waals surface area contributed by atoms with E-state index in [1.807, 2.05) is 12.1 Å². The van der Waals surface area contributed by atoms with Crippen molar-refractivity contribution < 1.29 is 9.53 Å². The van der Waals surface area contributed by atoms with Gasteiger partial charge in [0.15, 0.2) is 5.11 Å². The third kappa shape index (κ3) is 3.56. The van der Waals surface area contributed by atoms with Crippen molar-refractivity contribution >= 4 is 28.9 Å². The van der Waals surface area contributed by atoms with Crippen LogP contribution >= 0.6 is 12.2 Å². The summed E-state index contributed by atoms with van der Waals surface area (Å²) >= 11 is 5.34. The Kier molecular flexibility index (Phi) is 4.59. The number of amides is 1. The molecule has 0 bridgehead atoms. The summed E-state index contributed by atoms with van der Waals surface area (Å²) in [7, 11) is 0. The fourth-order valence-electron chi connectivity index (χ4n) is 2.86. The zero-order valence-electron chi connectivity index (χ0n) is 12.6. The maximum Gasteiger partial charge on any atom is 0.228 e. The van der Waals surface area contributed by atoms with Gasteiger partial charge in [0.2, 0.25) is 5.91 Å². The van der Waals surface area contributed by atoms with Crippen molar-refractivity contribution in [2.45, 2.75) is 38.3 Å². The number of rotatable bonds is 4. The normalized spacial score (nSPS) is 21.1. The first-order valence-corrected chi connectivity index (χ1v) is 8.11. The van der Waals surface area contributed by atoms with Crippen molar-refractivity contribution in [2.24, 2.45) is 0 Å². The number of ether oxygens (including phenoxy) is 1. The summed E-state index contributed by atoms with van der Waals surface area (Å²) in [5, 5.41) is 9.98. The van der Waals surface area contributed by atoms with E-state index in [4.69, 9.17) is 17.0 Å². The van der Waals surface area contributed by atoms with Gasteiger partial charge in [0, 0.05) is 18.8 Å². The molecule has 0 spiro atoms. The van der Waals surface area contributed by atoms with E-state index in [0.29, 0.717) is 11.5 Å². The van der Waals surface area contributed by atoms with Gasteiger partial charge in [-0.05, 0) is 49.2 Å². The number of anilines is 1. The fraction of sp³-hybridized carbons (Fsp3) is 0.500. The Bertz CT molecular complexity index is 585. The number of benzene rings is 1. The Hall–Kier alpha value is -1.66. The van der Waals surface area contributed by atoms with E-state index in [0.717, 1.165) is 42.8 Å². The van der Waals surface area contributed by atoms with E-state index in [-0.39, 0.29) is 18.1 Å². The van der Waals surface area contributed by atoms with E-state index in [2.05, 4.69) is 28.9 Å². The summed E-state index contributed by atoms with van der Waals surface area (Å²) in [4.78, 5) is 11.4. The van der Waals surface area contributed by atoms with Gasteiger partial charge in [0.25, 0.3) is 0 Å². The van der Waals surface area contributed by atoms with Gasteiger partial charge in [-0.2, -0.15) is 0 Å². The van der Waals surface area contributed by atoms with Gasteiger partial charge >= 0.3 is 0 Å². The second kappa shape index (κ2) is 6.62. The molecule has 0 unspecified atom stereocenters. The van der Waals surface area contributed by atoms with Crippen molar-refractivity contribution in [3.63, 3.8) is 0 Å². The first-order chi connectivity index (χ1) is 10.6. The van der Waals surface area contributed by atoms with Crippen LogP contribution in [0.1, 0.15) is 36.9 Å². The third-order valence-corrected chi connectivity index (χ3v) is 4.38. The molecule has 0 aromatic heterocycles. The van der Waals surface area contributed by atoms with Gasteiger partial charge in [-0.3, -0.25) is 4.79 Å². The Morgan fingerprint density at radius 2 is 2.41 bits per heavy atom. The maximum absolute atomic E-state index is 11.4. The van der Waals surface area contributed by atoms with Crippen molar-refractivity contribution in [3.05, 3.63) is 29.3 Å². The van der Waals surface area contributed by atoms with Gasteiger partial charge in [0.05, 0.1) is 18.6 Å². The van der Waals surface area contributed by atoms with Crippen LogP contribution in [0.3, 0.4) is 0 Å². The highest BCUT2D eigenvalue weighted by Crippen LogP contribution is 2.26. The number of thiocarbonyl (C=S) groups is 1. The Labute approximate surface area is 135 Å². The molecule has 1 aromatic rings. The van der Waals surface area contributed by atoms with Gasteiger partial charge in [-0.1, -0.05) is 12.1 Å². The molecule has 2 aliphatic heterocycles. The molecule has 3 rings (SSSR count). The highest BCUT2D eigenvalue weighted by molar-refractivity contribution is 7.80. The van der Waals surface area contributed by atoms with E-state index >= 15 is 0 Å². The lowest BCUT2D eigenvalue weighted by Gasteiger charge is -2.19. The van der Waals surface area contributed by atoms with E-state index in [9.17, 15) is 4.79 Å². The lowest BCUT2D eigenvalue weighted by Crippen LogP contribution is -2.40. The standard InChI is InChI=1S/C16H21N3O2S/c1-10(18-16(22)17-9-13-3-2-6-21-13)11-4-5-14-12(7-11)8-15(20)19-14/h4-5,7,10,13H,2-3,6,8-9H2,1H3,(H,19,20)(H2,17,18,22)/t10-,13+/m1/s1. The van der Waals surface area contributed by atoms with Gasteiger partial charge in [-0.25, -0.2) is 0 Å². The number of hydrogen-bond acceptors (Lipinski definition) is 3. The topological polar surface area (TPSA) is 62.4 Å². The minimum Gasteiger partial charge on any atom is -0.376 e. The zero-order valence-corrected chi connectivity index (χ0v) is 13.5. The molecular formula is C16H21N3O2S. The quantitative estimate of drug-likeness (QED) is 0.740. The molecule has 6 heteroatoms. The van der Waals surface area contributed by atoms with Crippen molar-refractivity contribution in [3.8, 4) is 0 Å². The number of nitrogens with one attached hydrogen (secondary N) is 3. The van der Waals surface area contributed by atoms with Gasteiger partial charge in [-0.15, -0.1) is 0 Å². The minimum absolute atomic E-state index is 0.0570. The number of hydrogen-bond donors (Lipinski definition) is 3. The molecule has 1 aromatic carbocycles. The summed E-state index contributed by atoms with van der Waals surface area (Å²) in [5.41, 5.74) is 3.09. The summed E-state index contributed by atoms with van der Waals surface area (Å²) in [6.45, 7) is 3.66. The predicted octanol–water partition coefficient (Wildman–Crippen LogP) is 1.89. The van der Waals surface area contributed by atoms with Crippen molar-refractivity contribution in [2.75, 3.05) is 18.5 Å². The fourth-order valence-corrected chi connectivity index (χ4v) is 3.12. The smallest absolute Gasteiger partial charge is 0.228 e. The van der Waals surface area contributed by atoms with E-state index in [1.54, 1.807) is 0 Å². The Morgan fingerprint density at radius 3 is 3.18 bits per heavy atom. The molecule has 22 heavy (non-hydrogen) atoms. The second-order valence-electron chi connectivity index (χ2n) is 5.85. The third-order valence-electron chi connectivity index (χ3n) is 4.12. The van der Waals surface area contributed by atoms with Crippen molar-refractivity contribution in [1.29, 1.82) is 0 Å². The minimum atomic E-state index is 0.0570. The van der Waals surface area contributed by atoms with Crippen LogP contribution in [0.4, 0.5) is 5.69 Å².